The third-order valence-corrected chi connectivity index (χ3v) is 5.47. The zero-order valence-corrected chi connectivity index (χ0v) is 16.8. The van der Waals surface area contributed by atoms with Crippen LogP contribution >= 0.6 is 0 Å². The highest BCUT2D eigenvalue weighted by molar-refractivity contribution is 6.54. The number of fused-ring (bicyclic) bond motifs is 1. The molecule has 1 fully saturated rings. The van der Waals surface area contributed by atoms with E-state index in [1.54, 1.807) is 6.20 Å². The molecule has 4 heterocycles. The van der Waals surface area contributed by atoms with Crippen LogP contribution in [0.3, 0.4) is 0 Å². The number of aromatic nitrogens is 4. The Morgan fingerprint density at radius 2 is 2.21 bits per heavy atom. The van der Waals surface area contributed by atoms with Crippen LogP contribution in [0.1, 0.15) is 32.3 Å². The van der Waals surface area contributed by atoms with Crippen molar-refractivity contribution in [2.75, 3.05) is 16.8 Å². The molecule has 0 unspecified atom stereocenters. The molecule has 2 N–H and O–H groups in total. The van der Waals surface area contributed by atoms with Gasteiger partial charge in [-0.3, -0.25) is 4.98 Å². The van der Waals surface area contributed by atoms with Gasteiger partial charge in [0.25, 0.3) is 0 Å². The average Bonchev–Trinajstić information content (AvgIpc) is 3.33. The summed E-state index contributed by atoms with van der Waals surface area (Å²) in [5.41, 5.74) is 2.31. The summed E-state index contributed by atoms with van der Waals surface area (Å²) in [7, 11) is 0.872. The fraction of sp³-hybridized carbons (Fsp3) is 0.450. The molecule has 8 heteroatoms. The molecule has 146 valence electrons. The Kier molecular flexibility index (Phi) is 4.97. The number of aliphatic hydroxyl groups is 1. The maximum Gasteiger partial charge on any atom is 0.161 e. The summed E-state index contributed by atoms with van der Waals surface area (Å²) in [6.07, 6.45) is 7.54. The summed E-state index contributed by atoms with van der Waals surface area (Å²) in [6, 6.07) is 6.08. The lowest BCUT2D eigenvalue weighted by Crippen LogP contribution is -2.46. The van der Waals surface area contributed by atoms with E-state index in [9.17, 15) is 5.11 Å². The monoisotopic (exact) mass is 378 g/mol. The predicted molar refractivity (Wildman–Crippen MR) is 114 cm³/mol. The highest BCUT2D eigenvalue weighted by atomic mass is 16.3. The molecular formula is C20H27BN6O. The van der Waals surface area contributed by atoms with Crippen molar-refractivity contribution in [2.24, 2.45) is 0 Å². The van der Waals surface area contributed by atoms with Crippen LogP contribution in [0.5, 0.6) is 0 Å². The van der Waals surface area contributed by atoms with Gasteiger partial charge in [0.1, 0.15) is 11.6 Å². The fourth-order valence-electron chi connectivity index (χ4n) is 3.99. The molecule has 7 nitrogen and oxygen atoms in total. The quantitative estimate of drug-likeness (QED) is 0.635. The lowest BCUT2D eigenvalue weighted by Gasteiger charge is -2.34. The molecule has 0 radical (unpaired) electrons. The van der Waals surface area contributed by atoms with Crippen LogP contribution in [0.25, 0.3) is 5.65 Å². The van der Waals surface area contributed by atoms with E-state index in [1.807, 2.05) is 49.0 Å². The van der Waals surface area contributed by atoms with Crippen LogP contribution < -0.4 is 15.7 Å². The van der Waals surface area contributed by atoms with Crippen molar-refractivity contribution >= 4 is 30.0 Å². The second-order valence-electron chi connectivity index (χ2n) is 7.98. The molecule has 0 saturated carbocycles. The minimum atomic E-state index is -0.776. The van der Waals surface area contributed by atoms with Crippen molar-refractivity contribution in [3.63, 3.8) is 0 Å². The van der Waals surface area contributed by atoms with E-state index in [1.165, 1.54) is 0 Å². The molecule has 0 amide bonds. The SMILES string of the molecule is CBc1cnn2c(NCc3cccnc3)cc(N3CCC[C@H]3C(C)(C)O)nc12. The first kappa shape index (κ1) is 18.7. The van der Waals surface area contributed by atoms with Crippen LogP contribution in [0.2, 0.25) is 6.82 Å². The normalized spacial score (nSPS) is 17.3. The van der Waals surface area contributed by atoms with E-state index >= 15 is 0 Å². The maximum atomic E-state index is 10.6. The molecule has 0 aliphatic carbocycles. The third-order valence-electron chi connectivity index (χ3n) is 5.47. The number of anilines is 2. The van der Waals surface area contributed by atoms with E-state index in [4.69, 9.17) is 4.98 Å². The molecule has 4 rings (SSSR count). The van der Waals surface area contributed by atoms with Gasteiger partial charge in [-0.15, -0.1) is 0 Å². The third kappa shape index (κ3) is 3.56. The standard InChI is InChI=1S/C20H27BN6O/c1-20(2,28)16-7-5-9-26(16)18-10-17(23-12-14-6-4-8-22-11-14)27-19(25-18)15(21-3)13-24-27/h4,6,8,10-11,13,16,21,23,28H,5,7,9,12H2,1-3H3/t16-/m0/s1. The molecular weight excluding hydrogens is 351 g/mol. The van der Waals surface area contributed by atoms with E-state index in [0.717, 1.165) is 55.0 Å². The number of pyridine rings is 1. The van der Waals surface area contributed by atoms with Gasteiger partial charge in [-0.05, 0) is 43.8 Å². The minimum Gasteiger partial charge on any atom is -0.388 e. The first-order valence-corrected chi connectivity index (χ1v) is 9.97. The summed E-state index contributed by atoms with van der Waals surface area (Å²) in [6.45, 7) is 7.43. The van der Waals surface area contributed by atoms with Crippen molar-refractivity contribution in [1.82, 2.24) is 19.6 Å². The van der Waals surface area contributed by atoms with Crippen LogP contribution in [0.4, 0.5) is 11.6 Å². The van der Waals surface area contributed by atoms with Crippen molar-refractivity contribution in [1.29, 1.82) is 0 Å². The van der Waals surface area contributed by atoms with E-state index in [0.29, 0.717) is 6.54 Å². The van der Waals surface area contributed by atoms with Crippen LogP contribution in [-0.2, 0) is 6.54 Å². The first-order valence-electron chi connectivity index (χ1n) is 9.97. The predicted octanol–water partition coefficient (Wildman–Crippen LogP) is 1.59. The molecule has 1 saturated heterocycles. The van der Waals surface area contributed by atoms with Gasteiger partial charge in [0.2, 0.25) is 0 Å². The molecule has 1 aliphatic heterocycles. The first-order chi connectivity index (χ1) is 13.5. The fourth-order valence-corrected chi connectivity index (χ4v) is 3.99. The van der Waals surface area contributed by atoms with Crippen LogP contribution in [0.15, 0.2) is 36.8 Å². The van der Waals surface area contributed by atoms with Gasteiger partial charge in [0.05, 0.1) is 11.6 Å². The van der Waals surface area contributed by atoms with Crippen molar-refractivity contribution in [3.8, 4) is 0 Å². The Bertz CT molecular complexity index is 952. The molecule has 3 aromatic heterocycles. The molecule has 28 heavy (non-hydrogen) atoms. The highest BCUT2D eigenvalue weighted by Gasteiger charge is 2.37. The summed E-state index contributed by atoms with van der Waals surface area (Å²) in [5, 5.41) is 18.7. The molecule has 1 atom stereocenters. The lowest BCUT2D eigenvalue weighted by atomic mass is 9.75. The van der Waals surface area contributed by atoms with Crippen LogP contribution in [-0.4, -0.2) is 50.2 Å². The second kappa shape index (κ2) is 7.43. The Hall–Kier alpha value is -2.61. The molecule has 0 bridgehead atoms. The molecule has 0 spiro atoms. The van der Waals surface area contributed by atoms with Gasteiger partial charge in [0, 0.05) is 37.7 Å². The Labute approximate surface area is 166 Å². The smallest absolute Gasteiger partial charge is 0.161 e. The Balaban J connectivity index is 1.73. The van der Waals surface area contributed by atoms with Crippen LogP contribution in [0, 0.1) is 0 Å². The topological polar surface area (TPSA) is 78.6 Å². The van der Waals surface area contributed by atoms with Gasteiger partial charge in [-0.1, -0.05) is 12.9 Å². The van der Waals surface area contributed by atoms with Gasteiger partial charge < -0.3 is 15.3 Å². The Morgan fingerprint density at radius 3 is 2.93 bits per heavy atom. The number of rotatable bonds is 6. The summed E-state index contributed by atoms with van der Waals surface area (Å²) >= 11 is 0. The van der Waals surface area contributed by atoms with Crippen molar-refractivity contribution < 1.29 is 5.11 Å². The van der Waals surface area contributed by atoms with Gasteiger partial charge in [0.15, 0.2) is 12.9 Å². The summed E-state index contributed by atoms with van der Waals surface area (Å²) in [4.78, 5) is 11.4. The summed E-state index contributed by atoms with van der Waals surface area (Å²) < 4.78 is 1.87. The second-order valence-corrected chi connectivity index (χ2v) is 7.98. The molecule has 1 aliphatic rings. The summed E-state index contributed by atoms with van der Waals surface area (Å²) in [5.74, 6) is 1.78. The van der Waals surface area contributed by atoms with Crippen molar-refractivity contribution in [3.05, 3.63) is 42.4 Å². The van der Waals surface area contributed by atoms with E-state index in [-0.39, 0.29) is 6.04 Å². The Morgan fingerprint density at radius 1 is 1.36 bits per heavy atom. The number of hydrogen-bond donors (Lipinski definition) is 2. The maximum absolute atomic E-state index is 10.6. The highest BCUT2D eigenvalue weighted by Crippen LogP contribution is 2.32. The van der Waals surface area contributed by atoms with Gasteiger partial charge in [-0.2, -0.15) is 9.61 Å². The van der Waals surface area contributed by atoms with Crippen molar-refractivity contribution in [2.45, 2.75) is 51.7 Å². The number of hydrogen-bond acceptors (Lipinski definition) is 6. The van der Waals surface area contributed by atoms with E-state index < -0.39 is 5.60 Å². The number of nitrogens with zero attached hydrogens (tertiary/aromatic N) is 5. The average molecular weight is 378 g/mol. The zero-order valence-electron chi connectivity index (χ0n) is 16.8. The van der Waals surface area contributed by atoms with Gasteiger partial charge in [-0.25, -0.2) is 4.98 Å². The van der Waals surface area contributed by atoms with E-state index in [2.05, 4.69) is 27.1 Å². The lowest BCUT2D eigenvalue weighted by molar-refractivity contribution is 0.0533. The molecule has 0 aromatic carbocycles. The largest absolute Gasteiger partial charge is 0.388 e. The minimum absolute atomic E-state index is 0.0571. The zero-order chi connectivity index (χ0) is 19.7. The van der Waals surface area contributed by atoms with Gasteiger partial charge >= 0.3 is 0 Å². The number of nitrogens with one attached hydrogen (secondary N) is 1. The molecule has 3 aromatic rings.